The average Bonchev–Trinajstić information content (AvgIpc) is 2.88. The number of fused-ring (bicyclic) bond motifs is 1. The van der Waals surface area contributed by atoms with Crippen molar-refractivity contribution in [1.29, 1.82) is 0 Å². The van der Waals surface area contributed by atoms with Crippen LogP contribution in [0, 0.1) is 6.92 Å². The zero-order valence-electron chi connectivity index (χ0n) is 9.80. The van der Waals surface area contributed by atoms with Crippen LogP contribution in [0.3, 0.4) is 0 Å². The number of benzene rings is 1. The van der Waals surface area contributed by atoms with Gasteiger partial charge >= 0.3 is 0 Å². The lowest BCUT2D eigenvalue weighted by atomic mass is 9.89. The van der Waals surface area contributed by atoms with Gasteiger partial charge in [0, 0.05) is 11.1 Å². The van der Waals surface area contributed by atoms with Gasteiger partial charge in [-0.2, -0.15) is 0 Å². The maximum Gasteiger partial charge on any atom is 0.231 e. The number of hydrogen-bond donors (Lipinski definition) is 1. The summed E-state index contributed by atoms with van der Waals surface area (Å²) < 4.78 is 11.2. The van der Waals surface area contributed by atoms with Crippen LogP contribution in [-0.4, -0.2) is 13.3 Å². The summed E-state index contributed by atoms with van der Waals surface area (Å²) in [4.78, 5) is 0. The summed E-state index contributed by atoms with van der Waals surface area (Å²) in [6.45, 7) is 5.73. The van der Waals surface area contributed by atoms with E-state index in [0.717, 1.165) is 30.0 Å². The van der Waals surface area contributed by atoms with Gasteiger partial charge in [0.1, 0.15) is 0 Å². The van der Waals surface area contributed by atoms with Gasteiger partial charge in [-0.15, -0.1) is 0 Å². The van der Waals surface area contributed by atoms with E-state index >= 15 is 0 Å². The highest BCUT2D eigenvalue weighted by atomic mass is 16.7. The molecule has 2 heterocycles. The summed E-state index contributed by atoms with van der Waals surface area (Å²) in [7, 11) is 0. The molecule has 0 saturated carbocycles. The molecule has 1 saturated heterocycles. The van der Waals surface area contributed by atoms with E-state index in [2.05, 4.69) is 31.3 Å². The minimum atomic E-state index is 0.0471. The average molecular weight is 219 g/mol. The first-order valence-electron chi connectivity index (χ1n) is 5.85. The number of hydrogen-bond acceptors (Lipinski definition) is 3. The lowest BCUT2D eigenvalue weighted by molar-refractivity contribution is 0.171. The van der Waals surface area contributed by atoms with E-state index in [1.54, 1.807) is 0 Å². The zero-order valence-corrected chi connectivity index (χ0v) is 9.80. The molecule has 0 radical (unpaired) electrons. The molecule has 2 aliphatic heterocycles. The van der Waals surface area contributed by atoms with Crippen LogP contribution in [0.4, 0.5) is 0 Å². The molecule has 1 fully saturated rings. The minimum absolute atomic E-state index is 0.0471. The molecule has 1 unspecified atom stereocenters. The van der Waals surface area contributed by atoms with Gasteiger partial charge in [0.25, 0.3) is 0 Å². The molecule has 1 aromatic carbocycles. The summed E-state index contributed by atoms with van der Waals surface area (Å²) in [6.07, 6.45) is 2.38. The van der Waals surface area contributed by atoms with Crippen molar-refractivity contribution >= 4 is 0 Å². The highest BCUT2D eigenvalue weighted by Gasteiger charge is 2.35. The molecule has 3 nitrogen and oxygen atoms in total. The summed E-state index contributed by atoms with van der Waals surface area (Å²) >= 11 is 0. The van der Waals surface area contributed by atoms with Crippen LogP contribution >= 0.6 is 0 Å². The summed E-state index contributed by atoms with van der Waals surface area (Å²) in [5.41, 5.74) is 2.44. The van der Waals surface area contributed by atoms with Gasteiger partial charge in [0.15, 0.2) is 11.5 Å². The second kappa shape index (κ2) is 3.39. The van der Waals surface area contributed by atoms with Crippen molar-refractivity contribution in [3.05, 3.63) is 23.3 Å². The molecule has 1 aromatic rings. The summed E-state index contributed by atoms with van der Waals surface area (Å²) in [5, 5.41) is 3.56. The summed E-state index contributed by atoms with van der Waals surface area (Å²) in [5.74, 6) is 1.87. The van der Waals surface area contributed by atoms with Crippen molar-refractivity contribution in [3.63, 3.8) is 0 Å². The van der Waals surface area contributed by atoms with Crippen LogP contribution in [0.15, 0.2) is 12.1 Å². The number of aryl methyl sites for hydroxylation is 1. The molecule has 0 spiro atoms. The predicted molar refractivity (Wildman–Crippen MR) is 61.9 cm³/mol. The standard InChI is InChI=1S/C13H17NO2/c1-9-4-5-10(12-11(9)15-8-16-12)13(2)6-3-7-14-13/h4-5,14H,3,6-8H2,1-2H3. The molecule has 0 bridgehead atoms. The Bertz CT molecular complexity index is 422. The molecule has 0 aromatic heterocycles. The molecule has 86 valence electrons. The fourth-order valence-corrected chi connectivity index (χ4v) is 2.69. The van der Waals surface area contributed by atoms with Crippen LogP contribution in [0.1, 0.15) is 30.9 Å². The minimum Gasteiger partial charge on any atom is -0.453 e. The summed E-state index contributed by atoms with van der Waals surface area (Å²) in [6, 6.07) is 4.29. The van der Waals surface area contributed by atoms with Crippen LogP contribution < -0.4 is 14.8 Å². The van der Waals surface area contributed by atoms with E-state index in [1.807, 2.05) is 0 Å². The molecular formula is C13H17NO2. The Hall–Kier alpha value is -1.22. The molecule has 16 heavy (non-hydrogen) atoms. The van der Waals surface area contributed by atoms with Crippen molar-refractivity contribution in [2.45, 2.75) is 32.2 Å². The molecule has 0 amide bonds. The molecule has 1 atom stereocenters. The van der Waals surface area contributed by atoms with Crippen LogP contribution in [0.2, 0.25) is 0 Å². The normalized spacial score (nSPS) is 27.4. The third-order valence-electron chi connectivity index (χ3n) is 3.68. The van der Waals surface area contributed by atoms with Crippen molar-refractivity contribution < 1.29 is 9.47 Å². The maximum atomic E-state index is 5.63. The fourth-order valence-electron chi connectivity index (χ4n) is 2.69. The Kier molecular flexibility index (Phi) is 2.11. The van der Waals surface area contributed by atoms with E-state index in [1.165, 1.54) is 12.0 Å². The predicted octanol–water partition coefficient (Wildman–Crippen LogP) is 2.32. The van der Waals surface area contributed by atoms with Crippen molar-refractivity contribution in [2.24, 2.45) is 0 Å². The van der Waals surface area contributed by atoms with Crippen molar-refractivity contribution in [3.8, 4) is 11.5 Å². The van der Waals surface area contributed by atoms with Gasteiger partial charge in [-0.25, -0.2) is 0 Å². The van der Waals surface area contributed by atoms with Gasteiger partial charge < -0.3 is 14.8 Å². The van der Waals surface area contributed by atoms with Crippen LogP contribution in [0.5, 0.6) is 11.5 Å². The Balaban J connectivity index is 2.11. The van der Waals surface area contributed by atoms with Crippen molar-refractivity contribution in [2.75, 3.05) is 13.3 Å². The van der Waals surface area contributed by atoms with Crippen molar-refractivity contribution in [1.82, 2.24) is 5.32 Å². The second-order valence-electron chi connectivity index (χ2n) is 4.86. The third kappa shape index (κ3) is 1.31. The Morgan fingerprint density at radius 2 is 2.06 bits per heavy atom. The van der Waals surface area contributed by atoms with Gasteiger partial charge in [0.05, 0.1) is 0 Å². The number of nitrogens with one attached hydrogen (secondary N) is 1. The van der Waals surface area contributed by atoms with Gasteiger partial charge in [0.2, 0.25) is 6.79 Å². The van der Waals surface area contributed by atoms with Gasteiger partial charge in [-0.1, -0.05) is 12.1 Å². The monoisotopic (exact) mass is 219 g/mol. The van der Waals surface area contributed by atoms with Gasteiger partial charge in [-0.05, 0) is 38.8 Å². The van der Waals surface area contributed by atoms with E-state index in [4.69, 9.17) is 9.47 Å². The Morgan fingerprint density at radius 3 is 2.81 bits per heavy atom. The largest absolute Gasteiger partial charge is 0.453 e. The lowest BCUT2D eigenvalue weighted by Gasteiger charge is -2.26. The van der Waals surface area contributed by atoms with Crippen LogP contribution in [0.25, 0.3) is 0 Å². The molecule has 0 aliphatic carbocycles. The highest BCUT2D eigenvalue weighted by molar-refractivity contribution is 5.55. The molecule has 3 rings (SSSR count). The SMILES string of the molecule is Cc1ccc(C2(C)CCCN2)c2c1OCO2. The first-order chi connectivity index (χ1) is 7.71. The zero-order chi connectivity index (χ0) is 11.2. The Labute approximate surface area is 95.8 Å². The Morgan fingerprint density at radius 1 is 1.25 bits per heavy atom. The fraction of sp³-hybridized carbons (Fsp3) is 0.538. The topological polar surface area (TPSA) is 30.5 Å². The van der Waals surface area contributed by atoms with Gasteiger partial charge in [-0.3, -0.25) is 0 Å². The van der Waals surface area contributed by atoms with E-state index in [9.17, 15) is 0 Å². The van der Waals surface area contributed by atoms with E-state index in [0.29, 0.717) is 6.79 Å². The quantitative estimate of drug-likeness (QED) is 0.786. The molecule has 2 aliphatic rings. The first-order valence-corrected chi connectivity index (χ1v) is 5.85. The molecule has 3 heteroatoms. The van der Waals surface area contributed by atoms with Crippen LogP contribution in [-0.2, 0) is 5.54 Å². The lowest BCUT2D eigenvalue weighted by Crippen LogP contribution is -2.33. The second-order valence-corrected chi connectivity index (χ2v) is 4.86. The highest BCUT2D eigenvalue weighted by Crippen LogP contribution is 2.45. The molecule has 1 N–H and O–H groups in total. The number of rotatable bonds is 1. The smallest absolute Gasteiger partial charge is 0.231 e. The first kappa shape index (κ1) is 9.97. The van der Waals surface area contributed by atoms with E-state index in [-0.39, 0.29) is 5.54 Å². The number of ether oxygens (including phenoxy) is 2. The third-order valence-corrected chi connectivity index (χ3v) is 3.68. The molecular weight excluding hydrogens is 202 g/mol. The maximum absolute atomic E-state index is 5.63. The van der Waals surface area contributed by atoms with E-state index < -0.39 is 0 Å².